The van der Waals surface area contributed by atoms with Gasteiger partial charge in [-0.1, -0.05) is 11.6 Å². The summed E-state index contributed by atoms with van der Waals surface area (Å²) in [6.45, 7) is 2.90. The summed E-state index contributed by atoms with van der Waals surface area (Å²) in [6.07, 6.45) is 5.53. The number of pyridine rings is 1. The average Bonchev–Trinajstić information content (AvgIpc) is 3.30. The van der Waals surface area contributed by atoms with Gasteiger partial charge >= 0.3 is 6.01 Å². The molecule has 0 bridgehead atoms. The van der Waals surface area contributed by atoms with Crippen molar-refractivity contribution >= 4 is 28.3 Å². The van der Waals surface area contributed by atoms with E-state index in [-0.39, 0.29) is 40.7 Å². The van der Waals surface area contributed by atoms with Crippen LogP contribution in [0.15, 0.2) is 0 Å². The smallest absolute Gasteiger partial charge is 0.319 e. The topological polar surface area (TPSA) is 63.6 Å². The van der Waals surface area contributed by atoms with Crippen molar-refractivity contribution in [2.24, 2.45) is 0 Å². The zero-order chi connectivity index (χ0) is 21.9. The molecule has 7 nitrogen and oxygen atoms in total. The molecular formula is C22H26ClF2N5O2. The normalized spacial score (nSPS) is 29.9. The van der Waals surface area contributed by atoms with Gasteiger partial charge in [0, 0.05) is 32.0 Å². The molecule has 10 heteroatoms. The lowest BCUT2D eigenvalue weighted by Crippen LogP contribution is -2.44. The van der Waals surface area contributed by atoms with Crippen molar-refractivity contribution in [1.29, 1.82) is 0 Å². The Morgan fingerprint density at radius 3 is 2.97 bits per heavy atom. The Morgan fingerprint density at radius 2 is 2.06 bits per heavy atom. The second kappa shape index (κ2) is 7.80. The molecule has 3 atom stereocenters. The molecule has 3 fully saturated rings. The highest BCUT2D eigenvalue weighted by atomic mass is 35.5. The van der Waals surface area contributed by atoms with Gasteiger partial charge in [0.25, 0.3) is 0 Å². The highest BCUT2D eigenvalue weighted by Gasteiger charge is 2.49. The van der Waals surface area contributed by atoms with Crippen LogP contribution in [0.2, 0.25) is 5.15 Å². The maximum absolute atomic E-state index is 15.1. The lowest BCUT2D eigenvalue weighted by atomic mass is 9.95. The van der Waals surface area contributed by atoms with E-state index in [1.165, 1.54) is 0 Å². The molecule has 2 aromatic heterocycles. The van der Waals surface area contributed by atoms with Gasteiger partial charge in [-0.05, 0) is 38.6 Å². The molecule has 3 saturated heterocycles. The monoisotopic (exact) mass is 465 g/mol. The first-order valence-electron chi connectivity index (χ1n) is 11.5. The number of fused-ring (bicyclic) bond motifs is 3. The van der Waals surface area contributed by atoms with Gasteiger partial charge in [0.05, 0.1) is 12.1 Å². The van der Waals surface area contributed by atoms with Gasteiger partial charge in [0.15, 0.2) is 11.0 Å². The fourth-order valence-corrected chi connectivity index (χ4v) is 6.14. The molecule has 0 aliphatic carbocycles. The van der Waals surface area contributed by atoms with Crippen molar-refractivity contribution in [3.8, 4) is 11.9 Å². The number of nitrogens with zero attached hydrogens (tertiary/aromatic N) is 5. The number of anilines is 1. The summed E-state index contributed by atoms with van der Waals surface area (Å²) in [5, 5.41) is 0.159. The van der Waals surface area contributed by atoms with Crippen LogP contribution in [-0.4, -0.2) is 70.5 Å². The minimum Gasteiger partial charge on any atom is -0.477 e. The van der Waals surface area contributed by atoms with Gasteiger partial charge in [-0.2, -0.15) is 15.0 Å². The van der Waals surface area contributed by atoms with Crippen LogP contribution < -0.4 is 14.4 Å². The van der Waals surface area contributed by atoms with E-state index >= 15 is 4.39 Å². The fraction of sp³-hybridized carbons (Fsp3) is 0.682. The standard InChI is InChI=1S/C22H26ClF2N5O2/c23-18-16(25)17-15-19(30-8-2-1-4-14(30)5-9-31-20(15)27-18)28-21(26-17)32-12-22-6-3-7-29(22)11-13(24)10-22/h13-14H,1-12H2/t13-,14+,22+/m1/s1. The second-order valence-electron chi connectivity index (χ2n) is 9.42. The quantitative estimate of drug-likeness (QED) is 0.637. The third-order valence-electron chi connectivity index (χ3n) is 7.49. The molecule has 0 saturated carbocycles. The zero-order valence-electron chi connectivity index (χ0n) is 17.8. The summed E-state index contributed by atoms with van der Waals surface area (Å²) < 4.78 is 41.2. The number of hydrogen-bond acceptors (Lipinski definition) is 7. The Bertz CT molecular complexity index is 1060. The maximum Gasteiger partial charge on any atom is 0.319 e. The van der Waals surface area contributed by atoms with Crippen LogP contribution in [0.5, 0.6) is 11.9 Å². The molecule has 4 aliphatic heterocycles. The molecule has 0 aromatic carbocycles. The van der Waals surface area contributed by atoms with Crippen LogP contribution >= 0.6 is 11.6 Å². The summed E-state index contributed by atoms with van der Waals surface area (Å²) >= 11 is 6.07. The number of rotatable bonds is 3. The van der Waals surface area contributed by atoms with Crippen molar-refractivity contribution in [1.82, 2.24) is 19.9 Å². The third kappa shape index (κ3) is 3.27. The van der Waals surface area contributed by atoms with E-state index in [4.69, 9.17) is 26.1 Å². The molecule has 2 aromatic rings. The van der Waals surface area contributed by atoms with E-state index in [9.17, 15) is 4.39 Å². The molecule has 6 rings (SSSR count). The number of hydrogen-bond donors (Lipinski definition) is 0. The van der Waals surface area contributed by atoms with Crippen LogP contribution in [0.1, 0.15) is 44.9 Å². The SMILES string of the molecule is Fc1c(Cl)nc2c3c(nc(OC[C@@]45CCCN4C[C@H](F)C5)nc13)N1CCCC[C@H]1CCO2. The molecule has 0 radical (unpaired) electrons. The molecule has 32 heavy (non-hydrogen) atoms. The molecule has 0 spiro atoms. The highest BCUT2D eigenvalue weighted by Crippen LogP contribution is 2.42. The van der Waals surface area contributed by atoms with Crippen LogP contribution in [-0.2, 0) is 0 Å². The number of aromatic nitrogens is 3. The zero-order valence-corrected chi connectivity index (χ0v) is 18.6. The van der Waals surface area contributed by atoms with E-state index in [2.05, 4.69) is 19.8 Å². The molecule has 4 aliphatic rings. The van der Waals surface area contributed by atoms with E-state index in [1.807, 2.05) is 0 Å². The first-order valence-corrected chi connectivity index (χ1v) is 11.9. The van der Waals surface area contributed by atoms with E-state index in [1.54, 1.807) is 0 Å². The van der Waals surface area contributed by atoms with E-state index in [0.717, 1.165) is 51.6 Å². The Labute approximate surface area is 190 Å². The van der Waals surface area contributed by atoms with Crippen LogP contribution in [0.4, 0.5) is 14.6 Å². The van der Waals surface area contributed by atoms with Crippen molar-refractivity contribution < 1.29 is 18.3 Å². The van der Waals surface area contributed by atoms with Gasteiger partial charge in [-0.3, -0.25) is 4.90 Å². The van der Waals surface area contributed by atoms with Crippen LogP contribution in [0.3, 0.4) is 0 Å². The number of ether oxygens (including phenoxy) is 2. The lowest BCUT2D eigenvalue weighted by Gasteiger charge is -2.38. The second-order valence-corrected chi connectivity index (χ2v) is 9.78. The largest absolute Gasteiger partial charge is 0.477 e. The van der Waals surface area contributed by atoms with Gasteiger partial charge < -0.3 is 14.4 Å². The average molecular weight is 466 g/mol. The van der Waals surface area contributed by atoms with Gasteiger partial charge in [-0.15, -0.1) is 0 Å². The molecule has 0 amide bonds. The molecule has 172 valence electrons. The predicted octanol–water partition coefficient (Wildman–Crippen LogP) is 3.91. The number of alkyl halides is 1. The van der Waals surface area contributed by atoms with Gasteiger partial charge in [0.1, 0.15) is 29.5 Å². The van der Waals surface area contributed by atoms with Crippen molar-refractivity contribution in [2.75, 3.05) is 37.7 Å². The third-order valence-corrected chi connectivity index (χ3v) is 7.74. The summed E-state index contributed by atoms with van der Waals surface area (Å²) in [4.78, 5) is 17.6. The van der Waals surface area contributed by atoms with E-state index < -0.39 is 12.0 Å². The maximum atomic E-state index is 15.1. The summed E-state index contributed by atoms with van der Waals surface area (Å²) in [7, 11) is 0. The highest BCUT2D eigenvalue weighted by molar-refractivity contribution is 6.30. The van der Waals surface area contributed by atoms with Crippen molar-refractivity contribution in [2.45, 2.75) is 62.7 Å². The Morgan fingerprint density at radius 1 is 1.16 bits per heavy atom. The van der Waals surface area contributed by atoms with Crippen LogP contribution in [0, 0.1) is 5.82 Å². The fourth-order valence-electron chi connectivity index (χ4n) is 5.97. The number of halogens is 3. The molecule has 0 unspecified atom stereocenters. The first kappa shape index (κ1) is 20.6. The van der Waals surface area contributed by atoms with Gasteiger partial charge in [-0.25, -0.2) is 8.78 Å². The molecule has 0 N–H and O–H groups in total. The minimum atomic E-state index is -0.846. The van der Waals surface area contributed by atoms with Crippen molar-refractivity contribution in [3.05, 3.63) is 11.0 Å². The van der Waals surface area contributed by atoms with E-state index in [0.29, 0.717) is 30.8 Å². The first-order chi connectivity index (χ1) is 15.5. The number of piperidine rings is 1. The minimum absolute atomic E-state index is 0.0572. The van der Waals surface area contributed by atoms with Crippen LogP contribution in [0.25, 0.3) is 10.9 Å². The molecular weight excluding hydrogens is 440 g/mol. The molecule has 6 heterocycles. The Hall–Kier alpha value is -2.00. The van der Waals surface area contributed by atoms with Gasteiger partial charge in [0.2, 0.25) is 5.88 Å². The Balaban J connectivity index is 1.43. The lowest BCUT2D eigenvalue weighted by molar-refractivity contribution is 0.107. The Kier molecular flexibility index (Phi) is 5.02. The summed E-state index contributed by atoms with van der Waals surface area (Å²) in [6, 6.07) is 0.348. The van der Waals surface area contributed by atoms with Crippen molar-refractivity contribution in [3.63, 3.8) is 0 Å². The predicted molar refractivity (Wildman–Crippen MR) is 116 cm³/mol. The summed E-state index contributed by atoms with van der Waals surface area (Å²) in [5.74, 6) is 0.138. The summed E-state index contributed by atoms with van der Waals surface area (Å²) in [5.41, 5.74) is -0.276.